The highest BCUT2D eigenvalue weighted by Gasteiger charge is 2.11. The van der Waals surface area contributed by atoms with Crippen LogP contribution in [0.2, 0.25) is 0 Å². The van der Waals surface area contributed by atoms with Gasteiger partial charge in [-0.1, -0.05) is 23.8 Å². The van der Waals surface area contributed by atoms with Crippen molar-refractivity contribution >= 4 is 11.9 Å². The Morgan fingerprint density at radius 1 is 0.962 bits per heavy atom. The third kappa shape index (κ3) is 5.52. The summed E-state index contributed by atoms with van der Waals surface area (Å²) in [6.07, 6.45) is 5.28. The molecule has 2 aromatic rings. The number of hydrogen-bond donors (Lipinski definition) is 0. The van der Waals surface area contributed by atoms with Crippen molar-refractivity contribution in [1.82, 2.24) is 0 Å². The number of ether oxygens (including phenoxy) is 3. The molecule has 0 N–H and O–H groups in total. The normalized spacial score (nSPS) is 10.5. The molecule has 0 saturated carbocycles. The average Bonchev–Trinajstić information content (AvgIpc) is 2.66. The second-order valence-electron chi connectivity index (χ2n) is 5.93. The number of ketones is 1. The summed E-state index contributed by atoms with van der Waals surface area (Å²) in [5.41, 5.74) is 2.60. The van der Waals surface area contributed by atoms with Gasteiger partial charge in [-0.05, 0) is 55.8 Å². The van der Waals surface area contributed by atoms with E-state index >= 15 is 0 Å². The molecule has 0 amide bonds. The zero-order chi connectivity index (χ0) is 18.9. The highest BCUT2D eigenvalue weighted by atomic mass is 16.5. The zero-order valence-electron chi connectivity index (χ0n) is 15.6. The minimum absolute atomic E-state index is 0.131. The number of carbonyl (C=O) groups excluding carboxylic acids is 1. The molecular weight excluding hydrogens is 328 g/mol. The van der Waals surface area contributed by atoms with Crippen LogP contribution >= 0.6 is 0 Å². The molecule has 2 rings (SSSR count). The Hall–Kier alpha value is -3.01. The summed E-state index contributed by atoms with van der Waals surface area (Å²) in [6, 6.07) is 12.7. The van der Waals surface area contributed by atoms with Crippen LogP contribution in [0.3, 0.4) is 0 Å². The highest BCUT2D eigenvalue weighted by molar-refractivity contribution is 6.08. The van der Waals surface area contributed by atoms with E-state index in [0.717, 1.165) is 11.3 Å². The number of benzene rings is 2. The lowest BCUT2D eigenvalue weighted by molar-refractivity contribution is 0.104. The van der Waals surface area contributed by atoms with Gasteiger partial charge < -0.3 is 14.2 Å². The van der Waals surface area contributed by atoms with E-state index in [9.17, 15) is 4.79 Å². The molecule has 136 valence electrons. The predicted molar refractivity (Wildman–Crippen MR) is 104 cm³/mol. The number of methoxy groups -OCH3 is 2. The second kappa shape index (κ2) is 9.47. The van der Waals surface area contributed by atoms with E-state index in [-0.39, 0.29) is 5.78 Å². The molecule has 0 radical (unpaired) electrons. The number of carbonyl (C=O) groups is 1. The Labute approximate surface area is 154 Å². The van der Waals surface area contributed by atoms with Crippen LogP contribution < -0.4 is 14.2 Å². The minimum Gasteiger partial charge on any atom is -0.497 e. The summed E-state index contributed by atoms with van der Waals surface area (Å²) in [4.78, 5) is 12.5. The molecule has 0 saturated heterocycles. The largest absolute Gasteiger partial charge is 0.497 e. The lowest BCUT2D eigenvalue weighted by Crippen LogP contribution is -2.01. The van der Waals surface area contributed by atoms with Gasteiger partial charge in [0, 0.05) is 6.07 Å². The van der Waals surface area contributed by atoms with Crippen molar-refractivity contribution in [2.24, 2.45) is 0 Å². The van der Waals surface area contributed by atoms with E-state index in [4.69, 9.17) is 14.2 Å². The van der Waals surface area contributed by atoms with E-state index in [2.05, 4.69) is 0 Å². The van der Waals surface area contributed by atoms with Crippen LogP contribution in [0, 0.1) is 0 Å². The zero-order valence-corrected chi connectivity index (χ0v) is 15.6. The van der Waals surface area contributed by atoms with Gasteiger partial charge in [-0.3, -0.25) is 4.79 Å². The standard InChI is InChI=1S/C22H24O4/c1-16(2)13-14-26-19-10-11-20(22(15-19)25-4)21(23)12-7-17-5-8-18(24-3)9-6-17/h5-13,15H,14H2,1-4H3/b12-7+. The quantitative estimate of drug-likeness (QED) is 0.383. The lowest BCUT2D eigenvalue weighted by atomic mass is 10.1. The van der Waals surface area contributed by atoms with Crippen molar-refractivity contribution in [3.8, 4) is 17.2 Å². The predicted octanol–water partition coefficient (Wildman–Crippen LogP) is 4.94. The monoisotopic (exact) mass is 352 g/mol. The van der Waals surface area contributed by atoms with Gasteiger partial charge in [0.25, 0.3) is 0 Å². The number of hydrogen-bond acceptors (Lipinski definition) is 4. The molecule has 0 aliphatic heterocycles. The third-order valence-electron chi connectivity index (χ3n) is 3.72. The molecule has 0 fully saturated rings. The first-order chi connectivity index (χ1) is 12.5. The van der Waals surface area contributed by atoms with Crippen LogP contribution in [0.1, 0.15) is 29.8 Å². The van der Waals surface area contributed by atoms with Crippen molar-refractivity contribution in [3.63, 3.8) is 0 Å². The summed E-state index contributed by atoms with van der Waals surface area (Å²) in [7, 11) is 3.16. The SMILES string of the molecule is COc1ccc(/C=C/C(=O)c2ccc(OCC=C(C)C)cc2OC)cc1. The maximum atomic E-state index is 12.5. The molecule has 0 aromatic heterocycles. The van der Waals surface area contributed by atoms with Gasteiger partial charge in [0.2, 0.25) is 0 Å². The average molecular weight is 352 g/mol. The summed E-state index contributed by atoms with van der Waals surface area (Å²) < 4.78 is 16.1. The third-order valence-corrected chi connectivity index (χ3v) is 3.72. The topological polar surface area (TPSA) is 44.8 Å². The first-order valence-corrected chi connectivity index (χ1v) is 8.34. The van der Waals surface area contributed by atoms with Crippen LogP contribution in [0.25, 0.3) is 6.08 Å². The van der Waals surface area contributed by atoms with Crippen molar-refractivity contribution < 1.29 is 19.0 Å². The molecule has 0 heterocycles. The Kier molecular flexibility index (Phi) is 7.03. The molecule has 0 bridgehead atoms. The molecule has 2 aromatic carbocycles. The van der Waals surface area contributed by atoms with Gasteiger partial charge in [0.1, 0.15) is 23.9 Å². The molecule has 0 spiro atoms. The van der Waals surface area contributed by atoms with E-state index < -0.39 is 0 Å². The number of rotatable bonds is 8. The van der Waals surface area contributed by atoms with Crippen LogP contribution in [-0.2, 0) is 0 Å². The van der Waals surface area contributed by atoms with E-state index in [1.807, 2.05) is 44.2 Å². The molecule has 26 heavy (non-hydrogen) atoms. The molecule has 0 aliphatic carbocycles. The van der Waals surface area contributed by atoms with Gasteiger partial charge in [-0.25, -0.2) is 0 Å². The van der Waals surface area contributed by atoms with Gasteiger partial charge in [-0.2, -0.15) is 0 Å². The maximum absolute atomic E-state index is 12.5. The fourth-order valence-electron chi connectivity index (χ4n) is 2.25. The summed E-state index contributed by atoms with van der Waals surface area (Å²) in [5, 5.41) is 0. The van der Waals surface area contributed by atoms with Crippen LogP contribution in [-0.4, -0.2) is 26.6 Å². The Morgan fingerprint density at radius 2 is 1.65 bits per heavy atom. The first kappa shape index (κ1) is 19.3. The summed E-state index contributed by atoms with van der Waals surface area (Å²) in [5.74, 6) is 1.80. The van der Waals surface area contributed by atoms with E-state index in [1.54, 1.807) is 38.5 Å². The number of allylic oxidation sites excluding steroid dienone is 2. The van der Waals surface area contributed by atoms with Crippen molar-refractivity contribution in [3.05, 3.63) is 71.3 Å². The van der Waals surface area contributed by atoms with Crippen LogP contribution in [0.5, 0.6) is 17.2 Å². The molecule has 0 atom stereocenters. The molecular formula is C22H24O4. The molecule has 0 aliphatic rings. The van der Waals surface area contributed by atoms with Gasteiger partial charge in [0.05, 0.1) is 19.8 Å². The minimum atomic E-state index is -0.131. The second-order valence-corrected chi connectivity index (χ2v) is 5.93. The van der Waals surface area contributed by atoms with E-state index in [1.165, 1.54) is 11.6 Å². The van der Waals surface area contributed by atoms with Crippen molar-refractivity contribution in [1.29, 1.82) is 0 Å². The Balaban J connectivity index is 2.11. The first-order valence-electron chi connectivity index (χ1n) is 8.34. The smallest absolute Gasteiger partial charge is 0.189 e. The fraction of sp³-hybridized carbons (Fsp3) is 0.227. The maximum Gasteiger partial charge on any atom is 0.189 e. The molecule has 4 heteroatoms. The van der Waals surface area contributed by atoms with Gasteiger partial charge in [0.15, 0.2) is 5.78 Å². The summed E-state index contributed by atoms with van der Waals surface area (Å²) in [6.45, 7) is 4.51. The fourth-order valence-corrected chi connectivity index (χ4v) is 2.25. The Morgan fingerprint density at radius 3 is 2.27 bits per heavy atom. The lowest BCUT2D eigenvalue weighted by Gasteiger charge is -2.09. The van der Waals surface area contributed by atoms with Crippen LogP contribution in [0.15, 0.2) is 60.2 Å². The Bertz CT molecular complexity index is 797. The van der Waals surface area contributed by atoms with Crippen LogP contribution in [0.4, 0.5) is 0 Å². The highest BCUT2D eigenvalue weighted by Crippen LogP contribution is 2.26. The van der Waals surface area contributed by atoms with Gasteiger partial charge >= 0.3 is 0 Å². The molecule has 0 unspecified atom stereocenters. The van der Waals surface area contributed by atoms with Crippen molar-refractivity contribution in [2.75, 3.05) is 20.8 Å². The van der Waals surface area contributed by atoms with Crippen molar-refractivity contribution in [2.45, 2.75) is 13.8 Å². The molecule has 4 nitrogen and oxygen atoms in total. The summed E-state index contributed by atoms with van der Waals surface area (Å²) >= 11 is 0. The van der Waals surface area contributed by atoms with Gasteiger partial charge in [-0.15, -0.1) is 0 Å². The van der Waals surface area contributed by atoms with E-state index in [0.29, 0.717) is 23.7 Å².